The highest BCUT2D eigenvalue weighted by Crippen LogP contribution is 2.24. The van der Waals surface area contributed by atoms with E-state index in [4.69, 9.17) is 9.84 Å². The van der Waals surface area contributed by atoms with E-state index in [0.717, 1.165) is 12.4 Å². The van der Waals surface area contributed by atoms with Crippen LogP contribution < -0.4 is 10.1 Å². The minimum absolute atomic E-state index is 0.0219. The Morgan fingerprint density at radius 3 is 2.43 bits per heavy atom. The highest BCUT2D eigenvalue weighted by Gasteiger charge is 2.13. The number of anilines is 1. The standard InChI is InChI=1S/C16H17N3O4/c1-10(2)9-23-14-6-4-3-5-11(14)19-15(20)12-7-18-13(8-17-12)16(21)22/h3-8,10H,9H2,1-2H3,(H,19,20)(H,21,22). The zero-order chi connectivity index (χ0) is 16.8. The summed E-state index contributed by atoms with van der Waals surface area (Å²) in [4.78, 5) is 30.4. The third-order valence-corrected chi connectivity index (χ3v) is 2.81. The largest absolute Gasteiger partial charge is 0.491 e. The number of rotatable bonds is 6. The van der Waals surface area contributed by atoms with Crippen LogP contribution in [0.25, 0.3) is 0 Å². The molecule has 0 bridgehead atoms. The van der Waals surface area contributed by atoms with Crippen LogP contribution in [0.15, 0.2) is 36.7 Å². The fourth-order valence-electron chi connectivity index (χ4n) is 1.69. The van der Waals surface area contributed by atoms with E-state index in [9.17, 15) is 9.59 Å². The van der Waals surface area contributed by atoms with Gasteiger partial charge in [0.25, 0.3) is 5.91 Å². The van der Waals surface area contributed by atoms with Crippen molar-refractivity contribution < 1.29 is 19.4 Å². The number of carboxylic acid groups (broad SMARTS) is 1. The molecule has 0 unspecified atom stereocenters. The molecular weight excluding hydrogens is 298 g/mol. The maximum Gasteiger partial charge on any atom is 0.356 e. The highest BCUT2D eigenvalue weighted by molar-refractivity contribution is 6.03. The molecule has 2 rings (SSSR count). The first-order valence-electron chi connectivity index (χ1n) is 7.06. The minimum atomic E-state index is -1.20. The van der Waals surface area contributed by atoms with E-state index in [1.54, 1.807) is 18.2 Å². The van der Waals surface area contributed by atoms with Crippen LogP contribution in [0, 0.1) is 5.92 Å². The summed E-state index contributed by atoms with van der Waals surface area (Å²) in [5.74, 6) is -0.773. The molecule has 23 heavy (non-hydrogen) atoms. The van der Waals surface area contributed by atoms with Gasteiger partial charge in [0, 0.05) is 0 Å². The fraction of sp³-hybridized carbons (Fsp3) is 0.250. The number of hydrogen-bond donors (Lipinski definition) is 2. The summed E-state index contributed by atoms with van der Waals surface area (Å²) >= 11 is 0. The molecule has 0 atom stereocenters. The van der Waals surface area contributed by atoms with Gasteiger partial charge in [0.15, 0.2) is 5.69 Å². The number of carboxylic acids is 1. The van der Waals surface area contributed by atoms with Gasteiger partial charge in [-0.25, -0.2) is 14.8 Å². The molecule has 1 aromatic heterocycles. The number of aromatic nitrogens is 2. The summed E-state index contributed by atoms with van der Waals surface area (Å²) in [6.45, 7) is 4.58. The highest BCUT2D eigenvalue weighted by atomic mass is 16.5. The van der Waals surface area contributed by atoms with Crippen molar-refractivity contribution in [2.45, 2.75) is 13.8 Å². The van der Waals surface area contributed by atoms with Gasteiger partial charge in [0.1, 0.15) is 11.4 Å². The van der Waals surface area contributed by atoms with Crippen LogP contribution in [0.2, 0.25) is 0 Å². The van der Waals surface area contributed by atoms with Crippen LogP contribution in [0.4, 0.5) is 5.69 Å². The van der Waals surface area contributed by atoms with Crippen molar-refractivity contribution in [3.8, 4) is 5.75 Å². The van der Waals surface area contributed by atoms with E-state index in [-0.39, 0.29) is 11.4 Å². The molecule has 0 aliphatic carbocycles. The number of amides is 1. The van der Waals surface area contributed by atoms with Crippen LogP contribution in [0.5, 0.6) is 5.75 Å². The Bertz CT molecular complexity index is 699. The fourth-order valence-corrected chi connectivity index (χ4v) is 1.69. The van der Waals surface area contributed by atoms with E-state index in [1.807, 2.05) is 19.9 Å². The summed E-state index contributed by atoms with van der Waals surface area (Å²) in [6.07, 6.45) is 2.16. The molecular formula is C16H17N3O4. The maximum atomic E-state index is 12.2. The van der Waals surface area contributed by atoms with E-state index in [2.05, 4.69) is 15.3 Å². The molecule has 120 valence electrons. The number of hydrogen-bond acceptors (Lipinski definition) is 5. The SMILES string of the molecule is CC(C)COc1ccccc1NC(=O)c1cnc(C(=O)O)cn1. The summed E-state index contributed by atoms with van der Waals surface area (Å²) in [5, 5.41) is 11.5. The molecule has 0 fully saturated rings. The van der Waals surface area contributed by atoms with E-state index < -0.39 is 11.9 Å². The van der Waals surface area contributed by atoms with Gasteiger partial charge >= 0.3 is 5.97 Å². The van der Waals surface area contributed by atoms with Crippen molar-refractivity contribution in [3.63, 3.8) is 0 Å². The lowest BCUT2D eigenvalue weighted by molar-refractivity contribution is 0.0689. The predicted octanol–water partition coefficient (Wildman–Crippen LogP) is 2.46. The van der Waals surface area contributed by atoms with Crippen LogP contribution in [0.3, 0.4) is 0 Å². The Morgan fingerprint density at radius 2 is 1.83 bits per heavy atom. The van der Waals surface area contributed by atoms with E-state index in [0.29, 0.717) is 24.0 Å². The van der Waals surface area contributed by atoms with Gasteiger partial charge in [-0.3, -0.25) is 4.79 Å². The lowest BCUT2D eigenvalue weighted by Crippen LogP contribution is -2.16. The molecule has 0 saturated carbocycles. The molecule has 0 radical (unpaired) electrons. The molecule has 0 saturated heterocycles. The molecule has 1 aromatic carbocycles. The number of carbonyl (C=O) groups is 2. The smallest absolute Gasteiger partial charge is 0.356 e. The van der Waals surface area contributed by atoms with Crippen LogP contribution in [-0.4, -0.2) is 33.6 Å². The van der Waals surface area contributed by atoms with Crippen molar-refractivity contribution in [3.05, 3.63) is 48.0 Å². The first-order valence-corrected chi connectivity index (χ1v) is 7.06. The second-order valence-electron chi connectivity index (χ2n) is 5.25. The number of benzene rings is 1. The zero-order valence-corrected chi connectivity index (χ0v) is 12.8. The van der Waals surface area contributed by atoms with Gasteiger partial charge in [0.2, 0.25) is 0 Å². The van der Waals surface area contributed by atoms with Gasteiger partial charge in [-0.1, -0.05) is 26.0 Å². The molecule has 0 spiro atoms. The Kier molecular flexibility index (Phi) is 5.24. The van der Waals surface area contributed by atoms with Crippen LogP contribution in [-0.2, 0) is 0 Å². The Balaban J connectivity index is 2.12. The van der Waals surface area contributed by atoms with Crippen molar-refractivity contribution in [2.75, 3.05) is 11.9 Å². The second-order valence-corrected chi connectivity index (χ2v) is 5.25. The summed E-state index contributed by atoms with van der Waals surface area (Å²) in [7, 11) is 0. The lowest BCUT2D eigenvalue weighted by Gasteiger charge is -2.13. The van der Waals surface area contributed by atoms with Crippen LogP contribution in [0.1, 0.15) is 34.8 Å². The van der Waals surface area contributed by atoms with Crippen molar-refractivity contribution >= 4 is 17.6 Å². The van der Waals surface area contributed by atoms with Gasteiger partial charge in [-0.05, 0) is 18.1 Å². The molecule has 1 heterocycles. The number of para-hydroxylation sites is 2. The predicted molar refractivity (Wildman–Crippen MR) is 83.7 cm³/mol. The number of carbonyl (C=O) groups excluding carboxylic acids is 1. The molecule has 0 aliphatic rings. The molecule has 2 N–H and O–H groups in total. The first-order chi connectivity index (χ1) is 11.0. The molecule has 1 amide bonds. The average Bonchev–Trinajstić information content (AvgIpc) is 2.54. The summed E-state index contributed by atoms with van der Waals surface area (Å²) in [5.41, 5.74) is 0.318. The van der Waals surface area contributed by atoms with Crippen molar-refractivity contribution in [1.82, 2.24) is 9.97 Å². The molecule has 2 aromatic rings. The number of nitrogens with one attached hydrogen (secondary N) is 1. The number of nitrogens with zero attached hydrogens (tertiary/aromatic N) is 2. The summed E-state index contributed by atoms with van der Waals surface area (Å²) in [6, 6.07) is 7.06. The van der Waals surface area contributed by atoms with Gasteiger partial charge < -0.3 is 15.2 Å². The third kappa shape index (κ3) is 4.50. The van der Waals surface area contributed by atoms with E-state index >= 15 is 0 Å². The van der Waals surface area contributed by atoms with Crippen molar-refractivity contribution in [2.24, 2.45) is 5.92 Å². The first kappa shape index (κ1) is 16.4. The van der Waals surface area contributed by atoms with Crippen LogP contribution >= 0.6 is 0 Å². The number of ether oxygens (including phenoxy) is 1. The maximum absolute atomic E-state index is 12.2. The van der Waals surface area contributed by atoms with E-state index in [1.165, 1.54) is 0 Å². The Morgan fingerprint density at radius 1 is 1.17 bits per heavy atom. The molecule has 7 heteroatoms. The minimum Gasteiger partial charge on any atom is -0.491 e. The summed E-state index contributed by atoms with van der Waals surface area (Å²) < 4.78 is 5.66. The van der Waals surface area contributed by atoms with Gasteiger partial charge in [-0.15, -0.1) is 0 Å². The molecule has 0 aliphatic heterocycles. The Labute approximate surface area is 133 Å². The normalized spacial score (nSPS) is 10.4. The topological polar surface area (TPSA) is 101 Å². The zero-order valence-electron chi connectivity index (χ0n) is 12.8. The lowest BCUT2D eigenvalue weighted by atomic mass is 10.2. The van der Waals surface area contributed by atoms with Crippen molar-refractivity contribution in [1.29, 1.82) is 0 Å². The molecule has 7 nitrogen and oxygen atoms in total. The van der Waals surface area contributed by atoms with Gasteiger partial charge in [-0.2, -0.15) is 0 Å². The second kappa shape index (κ2) is 7.35. The van der Waals surface area contributed by atoms with Gasteiger partial charge in [0.05, 0.1) is 24.7 Å². The average molecular weight is 315 g/mol. The Hall–Kier alpha value is -2.96. The quantitative estimate of drug-likeness (QED) is 0.849. The third-order valence-electron chi connectivity index (χ3n) is 2.81. The number of aromatic carboxylic acids is 1. The monoisotopic (exact) mass is 315 g/mol.